The lowest BCUT2D eigenvalue weighted by molar-refractivity contribution is -0.148. The number of hydrogen-bond acceptors (Lipinski definition) is 3. The first-order valence-electron chi connectivity index (χ1n) is 7.26. The molecule has 0 unspecified atom stereocenters. The number of nitriles is 1. The van der Waals surface area contributed by atoms with Crippen LogP contribution in [0.2, 0.25) is 0 Å². The number of rotatable bonds is 2. The maximum atomic E-state index is 10.9. The molecule has 2 rings (SSSR count). The van der Waals surface area contributed by atoms with E-state index in [9.17, 15) is 4.79 Å². The monoisotopic (exact) mass is 249 g/mol. The molecule has 0 spiro atoms. The fraction of sp³-hybridized carbons (Fsp3) is 0.867. The van der Waals surface area contributed by atoms with Crippen LogP contribution in [0.4, 0.5) is 0 Å². The van der Waals surface area contributed by atoms with Crippen LogP contribution in [0, 0.1) is 29.1 Å². The molecule has 0 amide bonds. The van der Waals surface area contributed by atoms with Crippen LogP contribution in [0.25, 0.3) is 0 Å². The Morgan fingerprint density at radius 1 is 1.00 bits per heavy atom. The van der Waals surface area contributed by atoms with Gasteiger partial charge in [0.25, 0.3) is 0 Å². The van der Waals surface area contributed by atoms with Crippen LogP contribution in [0.3, 0.4) is 0 Å². The Labute approximate surface area is 110 Å². The zero-order valence-electron chi connectivity index (χ0n) is 11.2. The Hall–Kier alpha value is -1.04. The van der Waals surface area contributed by atoms with Gasteiger partial charge in [0.15, 0.2) is 0 Å². The van der Waals surface area contributed by atoms with Gasteiger partial charge in [-0.25, -0.2) is 0 Å². The number of nitrogens with zero attached hydrogens (tertiary/aromatic N) is 1. The smallest absolute Gasteiger partial charge is 0.302 e. The van der Waals surface area contributed by atoms with E-state index in [4.69, 9.17) is 10.00 Å². The van der Waals surface area contributed by atoms with Crippen LogP contribution >= 0.6 is 0 Å². The van der Waals surface area contributed by atoms with Crippen LogP contribution in [0.15, 0.2) is 0 Å². The third kappa shape index (κ3) is 3.48. The summed E-state index contributed by atoms with van der Waals surface area (Å²) in [5.41, 5.74) is 0. The largest absolute Gasteiger partial charge is 0.463 e. The lowest BCUT2D eigenvalue weighted by atomic mass is 9.71. The van der Waals surface area contributed by atoms with E-state index in [0.29, 0.717) is 5.92 Å². The van der Waals surface area contributed by atoms with Gasteiger partial charge in [0.2, 0.25) is 0 Å². The number of esters is 1. The highest BCUT2D eigenvalue weighted by atomic mass is 16.5. The average Bonchev–Trinajstić information content (AvgIpc) is 2.39. The standard InChI is InChI=1S/C15H23NO2/c1-11(17)18-15-8-6-14(7-9-15)13-4-2-12(10-16)3-5-13/h12-15H,2-9H2,1H3. The molecule has 0 aromatic heterocycles. The van der Waals surface area contributed by atoms with Gasteiger partial charge in [0.1, 0.15) is 6.10 Å². The third-order valence-electron chi connectivity index (χ3n) is 4.67. The van der Waals surface area contributed by atoms with Crippen LogP contribution in [-0.2, 0) is 9.53 Å². The number of ether oxygens (including phenoxy) is 1. The van der Waals surface area contributed by atoms with E-state index in [1.54, 1.807) is 0 Å². The molecule has 3 nitrogen and oxygen atoms in total. The molecule has 0 saturated heterocycles. The molecule has 18 heavy (non-hydrogen) atoms. The third-order valence-corrected chi connectivity index (χ3v) is 4.67. The van der Waals surface area contributed by atoms with E-state index in [2.05, 4.69) is 6.07 Å². The van der Waals surface area contributed by atoms with Gasteiger partial charge in [-0.15, -0.1) is 0 Å². The molecule has 0 bridgehead atoms. The van der Waals surface area contributed by atoms with Gasteiger partial charge in [-0.3, -0.25) is 4.79 Å². The van der Waals surface area contributed by atoms with Gasteiger partial charge >= 0.3 is 5.97 Å². The maximum Gasteiger partial charge on any atom is 0.302 e. The molecule has 2 aliphatic carbocycles. The topological polar surface area (TPSA) is 50.1 Å². The Morgan fingerprint density at radius 3 is 1.94 bits per heavy atom. The van der Waals surface area contributed by atoms with E-state index >= 15 is 0 Å². The second-order valence-electron chi connectivity index (χ2n) is 5.89. The van der Waals surface area contributed by atoms with E-state index in [-0.39, 0.29) is 12.1 Å². The van der Waals surface area contributed by atoms with Gasteiger partial charge < -0.3 is 4.74 Å². The van der Waals surface area contributed by atoms with Crippen molar-refractivity contribution in [2.24, 2.45) is 17.8 Å². The minimum atomic E-state index is -0.145. The fourth-order valence-electron chi connectivity index (χ4n) is 3.63. The molecule has 0 heterocycles. The summed E-state index contributed by atoms with van der Waals surface area (Å²) in [4.78, 5) is 10.9. The molecule has 3 heteroatoms. The van der Waals surface area contributed by atoms with Crippen LogP contribution in [0.5, 0.6) is 0 Å². The first-order valence-corrected chi connectivity index (χ1v) is 7.26. The number of carbonyl (C=O) groups is 1. The number of hydrogen-bond donors (Lipinski definition) is 0. The number of carbonyl (C=O) groups excluding carboxylic acids is 1. The molecule has 0 aromatic carbocycles. The summed E-state index contributed by atoms with van der Waals surface area (Å²) >= 11 is 0. The van der Waals surface area contributed by atoms with Crippen molar-refractivity contribution in [1.82, 2.24) is 0 Å². The van der Waals surface area contributed by atoms with Crippen molar-refractivity contribution >= 4 is 5.97 Å². The van der Waals surface area contributed by atoms with Gasteiger partial charge in [-0.1, -0.05) is 0 Å². The average molecular weight is 249 g/mol. The van der Waals surface area contributed by atoms with E-state index in [1.165, 1.54) is 32.6 Å². The van der Waals surface area contributed by atoms with Gasteiger partial charge in [0, 0.05) is 12.8 Å². The maximum absolute atomic E-state index is 10.9. The molecular formula is C15H23NO2. The summed E-state index contributed by atoms with van der Waals surface area (Å²) in [6, 6.07) is 2.40. The highest BCUT2D eigenvalue weighted by Crippen LogP contribution is 2.40. The SMILES string of the molecule is CC(=O)OC1CCC(C2CCC(C#N)CC2)CC1. The van der Waals surface area contributed by atoms with Crippen molar-refractivity contribution < 1.29 is 9.53 Å². The molecule has 0 atom stereocenters. The van der Waals surface area contributed by atoms with Gasteiger partial charge in [0.05, 0.1) is 6.07 Å². The summed E-state index contributed by atoms with van der Waals surface area (Å²) in [6.07, 6.45) is 9.23. The Balaban J connectivity index is 1.73. The Morgan fingerprint density at radius 2 is 1.50 bits per heavy atom. The highest BCUT2D eigenvalue weighted by molar-refractivity contribution is 5.66. The molecule has 100 valence electrons. The molecule has 2 fully saturated rings. The van der Waals surface area contributed by atoms with E-state index in [1.807, 2.05) is 0 Å². The summed E-state index contributed by atoms with van der Waals surface area (Å²) < 4.78 is 5.28. The zero-order valence-corrected chi connectivity index (χ0v) is 11.2. The van der Waals surface area contributed by atoms with Crippen molar-refractivity contribution in [2.45, 2.75) is 64.4 Å². The minimum Gasteiger partial charge on any atom is -0.463 e. The van der Waals surface area contributed by atoms with Gasteiger partial charge in [-0.05, 0) is 63.2 Å². The summed E-state index contributed by atoms with van der Waals surface area (Å²) in [5.74, 6) is 1.77. The Kier molecular flexibility index (Phi) is 4.63. The molecule has 0 N–H and O–H groups in total. The molecule has 0 radical (unpaired) electrons. The lowest BCUT2D eigenvalue weighted by Crippen LogP contribution is -2.29. The molecular weight excluding hydrogens is 226 g/mol. The van der Waals surface area contributed by atoms with Crippen LogP contribution < -0.4 is 0 Å². The molecule has 2 saturated carbocycles. The molecule has 0 aromatic rings. The van der Waals surface area contributed by atoms with Crippen molar-refractivity contribution in [3.05, 3.63) is 0 Å². The summed E-state index contributed by atoms with van der Waals surface area (Å²) in [6.45, 7) is 1.50. The first kappa shape index (κ1) is 13.4. The van der Waals surface area contributed by atoms with Crippen molar-refractivity contribution in [2.75, 3.05) is 0 Å². The Bertz CT molecular complexity index is 318. The molecule has 0 aliphatic heterocycles. The van der Waals surface area contributed by atoms with Crippen molar-refractivity contribution in [3.8, 4) is 6.07 Å². The predicted octanol–water partition coefficient (Wildman–Crippen LogP) is 3.44. The summed E-state index contributed by atoms with van der Waals surface area (Å²) in [7, 11) is 0. The second-order valence-corrected chi connectivity index (χ2v) is 5.89. The van der Waals surface area contributed by atoms with E-state index < -0.39 is 0 Å². The van der Waals surface area contributed by atoms with Crippen LogP contribution in [-0.4, -0.2) is 12.1 Å². The lowest BCUT2D eigenvalue weighted by Gasteiger charge is -2.36. The highest BCUT2D eigenvalue weighted by Gasteiger charge is 2.31. The van der Waals surface area contributed by atoms with Gasteiger partial charge in [-0.2, -0.15) is 5.26 Å². The first-order chi connectivity index (χ1) is 8.69. The predicted molar refractivity (Wildman–Crippen MR) is 68.6 cm³/mol. The van der Waals surface area contributed by atoms with Crippen molar-refractivity contribution in [1.29, 1.82) is 5.26 Å². The quantitative estimate of drug-likeness (QED) is 0.704. The summed E-state index contributed by atoms with van der Waals surface area (Å²) in [5, 5.41) is 8.91. The van der Waals surface area contributed by atoms with E-state index in [0.717, 1.165) is 37.5 Å². The van der Waals surface area contributed by atoms with Crippen LogP contribution in [0.1, 0.15) is 58.3 Å². The normalized spacial score (nSPS) is 36.7. The zero-order chi connectivity index (χ0) is 13.0. The molecule has 2 aliphatic rings. The minimum absolute atomic E-state index is 0.145. The second kappa shape index (κ2) is 6.22. The fourth-order valence-corrected chi connectivity index (χ4v) is 3.63. The van der Waals surface area contributed by atoms with Crippen molar-refractivity contribution in [3.63, 3.8) is 0 Å².